The van der Waals surface area contributed by atoms with Crippen LogP contribution in [-0.4, -0.2) is 31.8 Å². The van der Waals surface area contributed by atoms with Crippen LogP contribution in [0.5, 0.6) is 0 Å². The minimum Gasteiger partial charge on any atom is -0.393 e. The van der Waals surface area contributed by atoms with E-state index in [1.807, 2.05) is 43.9 Å². The van der Waals surface area contributed by atoms with Crippen molar-refractivity contribution in [1.29, 1.82) is 0 Å². The van der Waals surface area contributed by atoms with Crippen LogP contribution in [0.15, 0.2) is 40.9 Å². The van der Waals surface area contributed by atoms with Crippen LogP contribution < -0.4 is 4.90 Å². The number of aliphatic hydroxyl groups excluding tert-OH is 1. The number of imidazole rings is 1. The maximum Gasteiger partial charge on any atom is 0.227 e. The van der Waals surface area contributed by atoms with Crippen LogP contribution in [0, 0.1) is 20.8 Å². The highest BCUT2D eigenvalue weighted by Gasteiger charge is 2.39. The lowest BCUT2D eigenvalue weighted by Crippen LogP contribution is -2.29. The molecule has 6 rings (SSSR count). The van der Waals surface area contributed by atoms with Gasteiger partial charge in [0.1, 0.15) is 11.6 Å². The number of anilines is 1. The van der Waals surface area contributed by atoms with Gasteiger partial charge in [0.2, 0.25) is 5.91 Å². The Labute approximate surface area is 214 Å². The second-order valence-corrected chi connectivity index (χ2v) is 10.5. The van der Waals surface area contributed by atoms with Crippen molar-refractivity contribution in [3.05, 3.63) is 64.3 Å². The lowest BCUT2D eigenvalue weighted by Gasteiger charge is -2.27. The third-order valence-electron chi connectivity index (χ3n) is 7.72. The van der Waals surface area contributed by atoms with E-state index in [4.69, 9.17) is 21.1 Å². The van der Waals surface area contributed by atoms with Gasteiger partial charge in [-0.05, 0) is 81.8 Å². The third kappa shape index (κ3) is 3.73. The minimum atomic E-state index is -0.320. The van der Waals surface area contributed by atoms with Gasteiger partial charge in [-0.15, -0.1) is 0 Å². The first-order chi connectivity index (χ1) is 17.3. The molecule has 7 nitrogen and oxygen atoms in total. The molecule has 1 saturated carbocycles. The summed E-state index contributed by atoms with van der Waals surface area (Å²) in [5, 5.41) is 15.1. The van der Waals surface area contributed by atoms with Crippen LogP contribution >= 0.6 is 11.6 Å². The molecule has 3 heterocycles. The Kier molecular flexibility index (Phi) is 5.65. The summed E-state index contributed by atoms with van der Waals surface area (Å²) in [6.07, 6.45) is 3.14. The number of rotatable bonds is 4. The van der Waals surface area contributed by atoms with Crippen molar-refractivity contribution in [2.24, 2.45) is 0 Å². The molecule has 186 valence electrons. The van der Waals surface area contributed by atoms with Crippen molar-refractivity contribution < 1.29 is 14.4 Å². The van der Waals surface area contributed by atoms with E-state index in [1.165, 1.54) is 0 Å². The van der Waals surface area contributed by atoms with Crippen LogP contribution in [0.25, 0.3) is 22.2 Å². The van der Waals surface area contributed by atoms with Crippen molar-refractivity contribution in [1.82, 2.24) is 14.7 Å². The third-order valence-corrected chi connectivity index (χ3v) is 8.13. The van der Waals surface area contributed by atoms with E-state index in [2.05, 4.69) is 27.9 Å². The molecule has 0 spiro atoms. The van der Waals surface area contributed by atoms with Gasteiger partial charge in [-0.1, -0.05) is 28.9 Å². The molecule has 2 aliphatic rings. The monoisotopic (exact) mass is 504 g/mol. The Morgan fingerprint density at radius 1 is 1.08 bits per heavy atom. The van der Waals surface area contributed by atoms with E-state index >= 15 is 0 Å². The number of hydrogen-bond donors (Lipinski definition) is 1. The summed E-state index contributed by atoms with van der Waals surface area (Å²) < 4.78 is 7.67. The van der Waals surface area contributed by atoms with Crippen LogP contribution in [0.1, 0.15) is 67.0 Å². The van der Waals surface area contributed by atoms with Gasteiger partial charge >= 0.3 is 0 Å². The van der Waals surface area contributed by atoms with Gasteiger partial charge in [-0.25, -0.2) is 4.98 Å². The molecule has 2 aromatic heterocycles. The van der Waals surface area contributed by atoms with Gasteiger partial charge in [-0.2, -0.15) is 0 Å². The van der Waals surface area contributed by atoms with Crippen molar-refractivity contribution in [3.8, 4) is 11.1 Å². The SMILES string of the molecule is Cc1ccc(N2C(=O)CC[C@H]2c2nc3cc(-c4c(C)noc4C)ccc3n2[C@@H]2CC[C@@H](O)C2)cc1Cl. The summed E-state index contributed by atoms with van der Waals surface area (Å²) in [7, 11) is 0. The number of benzene rings is 2. The van der Waals surface area contributed by atoms with Crippen molar-refractivity contribution in [2.45, 2.75) is 71.1 Å². The normalized spacial score (nSPS) is 22.3. The van der Waals surface area contributed by atoms with Gasteiger partial charge < -0.3 is 19.1 Å². The lowest BCUT2D eigenvalue weighted by molar-refractivity contribution is -0.117. The Balaban J connectivity index is 1.51. The number of aliphatic hydroxyl groups is 1. The number of aryl methyl sites for hydroxylation is 3. The molecule has 0 radical (unpaired) electrons. The Morgan fingerprint density at radius 3 is 2.61 bits per heavy atom. The Bertz CT molecular complexity index is 1470. The molecule has 1 saturated heterocycles. The van der Waals surface area contributed by atoms with E-state index in [1.54, 1.807) is 0 Å². The number of hydrogen-bond acceptors (Lipinski definition) is 5. The lowest BCUT2D eigenvalue weighted by atomic mass is 10.0. The zero-order valence-corrected chi connectivity index (χ0v) is 21.4. The number of halogens is 1. The zero-order chi connectivity index (χ0) is 25.1. The summed E-state index contributed by atoms with van der Waals surface area (Å²) in [6.45, 7) is 5.81. The van der Waals surface area contributed by atoms with Crippen LogP contribution in [0.3, 0.4) is 0 Å². The first-order valence-electron chi connectivity index (χ1n) is 12.5. The number of carbonyl (C=O) groups is 1. The van der Waals surface area contributed by atoms with Crippen LogP contribution in [-0.2, 0) is 4.79 Å². The number of fused-ring (bicyclic) bond motifs is 1. The predicted octanol–water partition coefficient (Wildman–Crippen LogP) is 6.22. The van der Waals surface area contributed by atoms with E-state index in [0.29, 0.717) is 24.3 Å². The molecule has 1 N–H and O–H groups in total. The summed E-state index contributed by atoms with van der Waals surface area (Å²) >= 11 is 6.44. The van der Waals surface area contributed by atoms with Gasteiger partial charge in [0.15, 0.2) is 0 Å². The molecule has 4 aromatic rings. The summed E-state index contributed by atoms with van der Waals surface area (Å²) in [5.74, 6) is 1.71. The topological polar surface area (TPSA) is 84.4 Å². The Morgan fingerprint density at radius 2 is 1.92 bits per heavy atom. The smallest absolute Gasteiger partial charge is 0.227 e. The molecule has 1 aliphatic heterocycles. The van der Waals surface area contributed by atoms with E-state index in [9.17, 15) is 9.90 Å². The molecule has 0 unspecified atom stereocenters. The second-order valence-electron chi connectivity index (χ2n) is 10.1. The fraction of sp³-hybridized carbons (Fsp3) is 0.393. The van der Waals surface area contributed by atoms with Gasteiger partial charge in [0, 0.05) is 28.7 Å². The molecule has 1 amide bonds. The molecule has 2 fully saturated rings. The highest BCUT2D eigenvalue weighted by molar-refractivity contribution is 6.31. The predicted molar refractivity (Wildman–Crippen MR) is 139 cm³/mol. The van der Waals surface area contributed by atoms with Crippen molar-refractivity contribution in [2.75, 3.05) is 4.90 Å². The first kappa shape index (κ1) is 23.3. The quantitative estimate of drug-likeness (QED) is 0.356. The fourth-order valence-corrected chi connectivity index (χ4v) is 6.11. The molecule has 0 bridgehead atoms. The minimum absolute atomic E-state index is 0.0707. The molecule has 8 heteroatoms. The maximum atomic E-state index is 13.1. The van der Waals surface area contributed by atoms with E-state index in [-0.39, 0.29) is 24.1 Å². The summed E-state index contributed by atoms with van der Waals surface area (Å²) in [5.41, 5.74) is 6.48. The largest absolute Gasteiger partial charge is 0.393 e. The number of amides is 1. The van der Waals surface area contributed by atoms with E-state index < -0.39 is 0 Å². The maximum absolute atomic E-state index is 13.1. The van der Waals surface area contributed by atoms with Crippen LogP contribution in [0.2, 0.25) is 5.02 Å². The average molecular weight is 505 g/mol. The van der Waals surface area contributed by atoms with Gasteiger partial charge in [0.25, 0.3) is 0 Å². The molecule has 2 aromatic carbocycles. The van der Waals surface area contributed by atoms with Crippen molar-refractivity contribution in [3.63, 3.8) is 0 Å². The van der Waals surface area contributed by atoms with Crippen LogP contribution in [0.4, 0.5) is 5.69 Å². The zero-order valence-electron chi connectivity index (χ0n) is 20.7. The first-order valence-corrected chi connectivity index (χ1v) is 12.9. The standard InChI is InChI=1S/C28H29ClN4O3/c1-15-4-6-20(14-22(15)29)32-25(10-11-26(32)35)28-30-23-12-18(27-16(2)31-36-17(27)3)5-9-24(23)33(28)19-7-8-21(34)13-19/h4-6,9,12,14,19,21,25,34H,7-8,10-11,13H2,1-3H3/t19-,21-,25+/m1/s1. The van der Waals surface area contributed by atoms with Crippen molar-refractivity contribution >= 4 is 34.2 Å². The highest BCUT2D eigenvalue weighted by atomic mass is 35.5. The van der Waals surface area contributed by atoms with E-state index in [0.717, 1.165) is 63.5 Å². The number of carbonyl (C=O) groups excluding carboxylic acids is 1. The number of nitrogens with zero attached hydrogens (tertiary/aromatic N) is 4. The molecule has 1 aliphatic carbocycles. The number of aromatic nitrogens is 3. The molecule has 36 heavy (non-hydrogen) atoms. The average Bonchev–Trinajstić information content (AvgIpc) is 3.61. The second kappa shape index (κ2) is 8.75. The Hall–Kier alpha value is -3.16. The summed E-state index contributed by atoms with van der Waals surface area (Å²) in [6, 6.07) is 12.0. The molecular formula is C28H29ClN4O3. The summed E-state index contributed by atoms with van der Waals surface area (Å²) in [4.78, 5) is 20.1. The van der Waals surface area contributed by atoms with Gasteiger partial charge in [0.05, 0.1) is 28.9 Å². The fourth-order valence-electron chi connectivity index (χ4n) is 5.94. The van der Waals surface area contributed by atoms with Gasteiger partial charge in [-0.3, -0.25) is 4.79 Å². The molecular weight excluding hydrogens is 476 g/mol. The highest BCUT2D eigenvalue weighted by Crippen LogP contribution is 2.43. The molecule has 3 atom stereocenters.